The number of ether oxygens (including phenoxy) is 1. The summed E-state index contributed by atoms with van der Waals surface area (Å²) in [6.45, 7) is 8.55. The lowest BCUT2D eigenvalue weighted by Crippen LogP contribution is -2.23. The van der Waals surface area contributed by atoms with Gasteiger partial charge in [-0.05, 0) is 56.0 Å². The van der Waals surface area contributed by atoms with E-state index >= 15 is 0 Å². The third-order valence-corrected chi connectivity index (χ3v) is 4.99. The molecule has 0 aliphatic heterocycles. The third kappa shape index (κ3) is 3.03. The zero-order chi connectivity index (χ0) is 15.0. The number of aromatic nitrogens is 3. The highest BCUT2D eigenvalue weighted by molar-refractivity contribution is 7.13. The summed E-state index contributed by atoms with van der Waals surface area (Å²) in [4.78, 5) is 10.0. The van der Waals surface area contributed by atoms with Crippen LogP contribution >= 0.6 is 11.5 Å². The Balaban J connectivity index is 1.94. The van der Waals surface area contributed by atoms with E-state index in [4.69, 9.17) is 4.74 Å². The van der Waals surface area contributed by atoms with Crippen LogP contribution in [0.15, 0.2) is 0 Å². The topological polar surface area (TPSA) is 47.9 Å². The van der Waals surface area contributed by atoms with Gasteiger partial charge in [0.2, 0.25) is 5.88 Å². The van der Waals surface area contributed by atoms with Gasteiger partial charge in [-0.1, -0.05) is 20.8 Å². The van der Waals surface area contributed by atoms with Crippen molar-refractivity contribution in [1.82, 2.24) is 14.3 Å². The van der Waals surface area contributed by atoms with Crippen molar-refractivity contribution in [2.24, 2.45) is 5.92 Å². The standard InChI is InChI=1S/C16H23N3OS/c1-9(2)14-13-15(17-11(4)18-16(13)21-19-14)20-12-7-5-10(3)6-8-12/h9-10,12H,5-8H2,1-4H3/t10-,12-. The van der Waals surface area contributed by atoms with E-state index in [1.54, 1.807) is 0 Å². The van der Waals surface area contributed by atoms with Crippen LogP contribution in [0.3, 0.4) is 0 Å². The van der Waals surface area contributed by atoms with Crippen molar-refractivity contribution in [2.45, 2.75) is 65.4 Å². The van der Waals surface area contributed by atoms with Gasteiger partial charge in [0, 0.05) is 0 Å². The summed E-state index contributed by atoms with van der Waals surface area (Å²) in [6.07, 6.45) is 5.03. The van der Waals surface area contributed by atoms with E-state index in [9.17, 15) is 0 Å². The number of rotatable bonds is 3. The van der Waals surface area contributed by atoms with Gasteiger partial charge < -0.3 is 4.74 Å². The number of hydrogen-bond donors (Lipinski definition) is 0. The highest BCUT2D eigenvalue weighted by Crippen LogP contribution is 2.35. The summed E-state index contributed by atoms with van der Waals surface area (Å²) in [5, 5.41) is 1.03. The SMILES string of the molecule is Cc1nc(O[C@H]2CC[C@H](C)CC2)c2c(C(C)C)nsc2n1. The van der Waals surface area contributed by atoms with Gasteiger partial charge in [-0.25, -0.2) is 4.98 Å². The molecule has 0 atom stereocenters. The molecule has 2 heterocycles. The first kappa shape index (κ1) is 14.7. The zero-order valence-corrected chi connectivity index (χ0v) is 14.0. The summed E-state index contributed by atoms with van der Waals surface area (Å²) in [6, 6.07) is 0. The van der Waals surface area contributed by atoms with Gasteiger partial charge in [0.05, 0.1) is 11.1 Å². The van der Waals surface area contributed by atoms with Crippen LogP contribution < -0.4 is 4.74 Å². The van der Waals surface area contributed by atoms with E-state index in [1.165, 1.54) is 24.4 Å². The van der Waals surface area contributed by atoms with Gasteiger partial charge in [-0.3, -0.25) is 0 Å². The Bertz CT molecular complexity index is 630. The van der Waals surface area contributed by atoms with Crippen molar-refractivity contribution in [2.75, 3.05) is 0 Å². The fourth-order valence-corrected chi connectivity index (χ4v) is 3.87. The van der Waals surface area contributed by atoms with Gasteiger partial charge >= 0.3 is 0 Å². The third-order valence-electron chi connectivity index (χ3n) is 4.23. The predicted octanol–water partition coefficient (Wildman–Crippen LogP) is 4.48. The molecule has 114 valence electrons. The largest absolute Gasteiger partial charge is 0.474 e. The average Bonchev–Trinajstić information content (AvgIpc) is 2.85. The molecule has 0 spiro atoms. The number of aryl methyl sites for hydroxylation is 1. The molecule has 2 aromatic rings. The van der Waals surface area contributed by atoms with Gasteiger partial charge in [0.1, 0.15) is 11.9 Å². The predicted molar refractivity (Wildman–Crippen MR) is 86.1 cm³/mol. The Morgan fingerprint density at radius 3 is 2.52 bits per heavy atom. The Hall–Kier alpha value is -1.23. The lowest BCUT2D eigenvalue weighted by molar-refractivity contribution is 0.131. The molecule has 3 rings (SSSR count). The number of hydrogen-bond acceptors (Lipinski definition) is 5. The fraction of sp³-hybridized carbons (Fsp3) is 0.688. The van der Waals surface area contributed by atoms with Crippen molar-refractivity contribution in [3.63, 3.8) is 0 Å². The number of fused-ring (bicyclic) bond motifs is 1. The van der Waals surface area contributed by atoms with Gasteiger partial charge in [-0.2, -0.15) is 9.36 Å². The summed E-state index contributed by atoms with van der Waals surface area (Å²) in [7, 11) is 0. The average molecular weight is 305 g/mol. The van der Waals surface area contributed by atoms with E-state index in [2.05, 4.69) is 35.1 Å². The number of nitrogens with zero attached hydrogens (tertiary/aromatic N) is 3. The van der Waals surface area contributed by atoms with E-state index in [0.717, 1.165) is 46.4 Å². The normalized spacial score (nSPS) is 22.9. The summed E-state index contributed by atoms with van der Waals surface area (Å²) in [5.41, 5.74) is 1.06. The molecule has 0 radical (unpaired) electrons. The molecule has 1 saturated carbocycles. The Morgan fingerprint density at radius 1 is 1.14 bits per heavy atom. The summed E-state index contributed by atoms with van der Waals surface area (Å²) < 4.78 is 10.8. The molecule has 5 heteroatoms. The molecule has 0 saturated heterocycles. The minimum Gasteiger partial charge on any atom is -0.474 e. The van der Waals surface area contributed by atoms with Crippen molar-refractivity contribution >= 4 is 21.7 Å². The summed E-state index contributed by atoms with van der Waals surface area (Å²) in [5.74, 6) is 2.69. The van der Waals surface area contributed by atoms with Crippen LogP contribution in [0.4, 0.5) is 0 Å². The first-order valence-electron chi connectivity index (χ1n) is 7.85. The minimum atomic E-state index is 0.290. The maximum Gasteiger partial charge on any atom is 0.227 e. The van der Waals surface area contributed by atoms with E-state index in [0.29, 0.717) is 12.0 Å². The molecule has 0 N–H and O–H groups in total. The molecule has 0 amide bonds. The smallest absolute Gasteiger partial charge is 0.227 e. The molecule has 0 aromatic carbocycles. The van der Waals surface area contributed by atoms with Crippen LogP contribution in [0, 0.1) is 12.8 Å². The van der Waals surface area contributed by atoms with Gasteiger partial charge in [-0.15, -0.1) is 0 Å². The van der Waals surface area contributed by atoms with Gasteiger partial charge in [0.15, 0.2) is 4.83 Å². The molecular formula is C16H23N3OS. The highest BCUT2D eigenvalue weighted by atomic mass is 32.1. The molecule has 1 fully saturated rings. The lowest BCUT2D eigenvalue weighted by atomic mass is 9.89. The van der Waals surface area contributed by atoms with Crippen molar-refractivity contribution in [3.05, 3.63) is 11.5 Å². The molecule has 1 aliphatic carbocycles. The second-order valence-electron chi connectivity index (χ2n) is 6.48. The Morgan fingerprint density at radius 2 is 1.86 bits per heavy atom. The van der Waals surface area contributed by atoms with Crippen LogP contribution in [0.1, 0.15) is 63.9 Å². The fourth-order valence-electron chi connectivity index (χ4n) is 2.93. The summed E-state index contributed by atoms with van der Waals surface area (Å²) >= 11 is 1.45. The maximum atomic E-state index is 6.26. The molecule has 21 heavy (non-hydrogen) atoms. The molecule has 0 bridgehead atoms. The molecule has 1 aliphatic rings. The zero-order valence-electron chi connectivity index (χ0n) is 13.2. The second kappa shape index (κ2) is 5.87. The molecule has 2 aromatic heterocycles. The van der Waals surface area contributed by atoms with E-state index < -0.39 is 0 Å². The first-order chi connectivity index (χ1) is 10.0. The second-order valence-corrected chi connectivity index (χ2v) is 7.23. The van der Waals surface area contributed by atoms with Crippen molar-refractivity contribution < 1.29 is 4.74 Å². The lowest BCUT2D eigenvalue weighted by Gasteiger charge is -2.26. The Kier molecular flexibility index (Phi) is 4.11. The van der Waals surface area contributed by atoms with E-state index in [-0.39, 0.29) is 0 Å². The van der Waals surface area contributed by atoms with Crippen molar-refractivity contribution in [3.8, 4) is 5.88 Å². The van der Waals surface area contributed by atoms with Crippen molar-refractivity contribution in [1.29, 1.82) is 0 Å². The van der Waals surface area contributed by atoms with Crippen LogP contribution in [-0.4, -0.2) is 20.4 Å². The highest BCUT2D eigenvalue weighted by Gasteiger charge is 2.23. The first-order valence-corrected chi connectivity index (χ1v) is 8.62. The molecular weight excluding hydrogens is 282 g/mol. The quantitative estimate of drug-likeness (QED) is 0.839. The van der Waals surface area contributed by atoms with E-state index in [1.807, 2.05) is 6.92 Å². The molecule has 0 unspecified atom stereocenters. The Labute approximate surface area is 130 Å². The molecule has 4 nitrogen and oxygen atoms in total. The maximum absolute atomic E-state index is 6.26. The van der Waals surface area contributed by atoms with Gasteiger partial charge in [0.25, 0.3) is 0 Å². The van der Waals surface area contributed by atoms with Crippen LogP contribution in [0.25, 0.3) is 10.2 Å². The minimum absolute atomic E-state index is 0.290. The van der Waals surface area contributed by atoms with Crippen LogP contribution in [0.2, 0.25) is 0 Å². The van der Waals surface area contributed by atoms with Crippen LogP contribution in [-0.2, 0) is 0 Å². The van der Waals surface area contributed by atoms with Crippen LogP contribution in [0.5, 0.6) is 5.88 Å². The monoisotopic (exact) mass is 305 g/mol.